The lowest BCUT2D eigenvalue weighted by Crippen LogP contribution is -2.37. The van der Waals surface area contributed by atoms with Gasteiger partial charge in [-0.1, -0.05) is 22.8 Å². The summed E-state index contributed by atoms with van der Waals surface area (Å²) in [6.07, 6.45) is 3.66. The fraction of sp³-hybridized carbons (Fsp3) is 0.533. The van der Waals surface area contributed by atoms with Crippen LogP contribution in [-0.4, -0.2) is 48.2 Å². The van der Waals surface area contributed by atoms with Gasteiger partial charge in [0.25, 0.3) is 0 Å². The summed E-state index contributed by atoms with van der Waals surface area (Å²) in [7, 11) is 2.22. The maximum absolute atomic E-state index is 9.02. The lowest BCUT2D eigenvalue weighted by molar-refractivity contribution is 0.254. The summed E-state index contributed by atoms with van der Waals surface area (Å²) < 4.78 is 0. The van der Waals surface area contributed by atoms with Gasteiger partial charge in [-0.2, -0.15) is 0 Å². The van der Waals surface area contributed by atoms with Crippen molar-refractivity contribution in [3.63, 3.8) is 0 Å². The zero-order valence-corrected chi connectivity index (χ0v) is 12.9. The monoisotopic (exact) mass is 308 g/mol. The first-order valence-electron chi connectivity index (χ1n) is 7.35. The van der Waals surface area contributed by atoms with Crippen molar-refractivity contribution < 1.29 is 5.21 Å². The van der Waals surface area contributed by atoms with Crippen LogP contribution in [-0.2, 0) is 0 Å². The van der Waals surface area contributed by atoms with E-state index in [0.29, 0.717) is 22.7 Å². The van der Waals surface area contributed by atoms with Crippen LogP contribution < -0.4 is 10.6 Å². The third-order valence-electron chi connectivity index (χ3n) is 4.84. The molecule has 2 heterocycles. The topological polar surface area (TPSA) is 65.1 Å². The molecule has 0 aromatic heterocycles. The minimum atomic E-state index is 0.0679. The largest absolute Gasteiger partial charge is 0.409 e. The van der Waals surface area contributed by atoms with E-state index in [2.05, 4.69) is 22.0 Å². The highest BCUT2D eigenvalue weighted by molar-refractivity contribution is 6.34. The van der Waals surface area contributed by atoms with E-state index < -0.39 is 0 Å². The number of nitrogens with two attached hydrogens (primary N) is 1. The predicted octanol–water partition coefficient (Wildman–Crippen LogP) is 2.11. The van der Waals surface area contributed by atoms with Crippen LogP contribution in [0.15, 0.2) is 23.4 Å². The van der Waals surface area contributed by atoms with Crippen LogP contribution in [0.5, 0.6) is 0 Å². The fourth-order valence-electron chi connectivity index (χ4n) is 3.61. The number of hydrogen-bond acceptors (Lipinski definition) is 4. The Labute approximate surface area is 130 Å². The zero-order valence-electron chi connectivity index (χ0n) is 12.2. The highest BCUT2D eigenvalue weighted by Gasteiger charge is 2.35. The summed E-state index contributed by atoms with van der Waals surface area (Å²) in [5.41, 5.74) is 7.41. The standard InChI is InChI=1S/C15H21ClN4O/c1-19-10-5-6-11(19)9-20(8-7-10)13-4-2-3-12(16)14(13)15(17)18-21/h2-4,10-11,21H,5-9H2,1H3,(H2,17,18). The Balaban J connectivity index is 1.96. The molecular weight excluding hydrogens is 288 g/mol. The number of likely N-dealkylation sites (N-methyl/N-ethyl adjacent to an activating group) is 1. The first-order valence-corrected chi connectivity index (χ1v) is 7.73. The summed E-state index contributed by atoms with van der Waals surface area (Å²) in [4.78, 5) is 4.81. The molecule has 114 valence electrons. The Kier molecular flexibility index (Phi) is 3.95. The second kappa shape index (κ2) is 5.73. The number of fused-ring (bicyclic) bond motifs is 2. The molecule has 2 aliphatic heterocycles. The van der Waals surface area contributed by atoms with Gasteiger partial charge in [0.2, 0.25) is 0 Å². The molecule has 0 amide bonds. The van der Waals surface area contributed by atoms with Crippen molar-refractivity contribution in [1.29, 1.82) is 0 Å². The van der Waals surface area contributed by atoms with Gasteiger partial charge in [0.1, 0.15) is 0 Å². The van der Waals surface area contributed by atoms with Gasteiger partial charge in [-0.3, -0.25) is 4.90 Å². The van der Waals surface area contributed by atoms with Crippen LogP contribution in [0.3, 0.4) is 0 Å². The predicted molar refractivity (Wildman–Crippen MR) is 85.4 cm³/mol. The SMILES string of the molecule is CN1C2CCC1CN(c1cccc(Cl)c1C(N)=NO)CC2. The fourth-order valence-corrected chi connectivity index (χ4v) is 3.87. The van der Waals surface area contributed by atoms with Crippen LogP contribution in [0.2, 0.25) is 5.02 Å². The molecule has 6 heteroatoms. The number of halogens is 1. The van der Waals surface area contributed by atoms with Crippen molar-refractivity contribution in [2.75, 3.05) is 25.0 Å². The summed E-state index contributed by atoms with van der Waals surface area (Å²) in [5.74, 6) is 0.0679. The maximum atomic E-state index is 9.02. The van der Waals surface area contributed by atoms with Crippen molar-refractivity contribution in [1.82, 2.24) is 4.90 Å². The van der Waals surface area contributed by atoms with Crippen molar-refractivity contribution in [2.45, 2.75) is 31.3 Å². The summed E-state index contributed by atoms with van der Waals surface area (Å²) >= 11 is 6.26. The second-order valence-corrected chi connectivity index (χ2v) is 6.31. The second-order valence-electron chi connectivity index (χ2n) is 5.90. The normalized spacial score (nSPS) is 27.0. The number of rotatable bonds is 2. The molecule has 0 saturated carbocycles. The molecule has 2 bridgehead atoms. The Bertz CT molecular complexity index is 563. The lowest BCUT2D eigenvalue weighted by atomic mass is 10.1. The van der Waals surface area contributed by atoms with Crippen molar-refractivity contribution >= 4 is 23.1 Å². The highest BCUT2D eigenvalue weighted by Crippen LogP contribution is 2.33. The molecule has 0 radical (unpaired) electrons. The number of nitrogens with zero attached hydrogens (tertiary/aromatic N) is 3. The molecule has 5 nitrogen and oxygen atoms in total. The molecule has 3 N–H and O–H groups in total. The molecule has 0 spiro atoms. The van der Waals surface area contributed by atoms with Crippen LogP contribution in [0, 0.1) is 0 Å². The summed E-state index contributed by atoms with van der Waals surface area (Å²) in [6.45, 7) is 1.93. The van der Waals surface area contributed by atoms with E-state index in [-0.39, 0.29) is 5.84 Å². The molecule has 1 aromatic rings. The Morgan fingerprint density at radius 2 is 2.10 bits per heavy atom. The third-order valence-corrected chi connectivity index (χ3v) is 5.16. The summed E-state index contributed by atoms with van der Waals surface area (Å²) in [6, 6.07) is 6.92. The van der Waals surface area contributed by atoms with Gasteiger partial charge >= 0.3 is 0 Å². The molecule has 2 saturated heterocycles. The number of anilines is 1. The van der Waals surface area contributed by atoms with Crippen molar-refractivity contribution in [2.24, 2.45) is 10.9 Å². The first-order chi connectivity index (χ1) is 10.1. The van der Waals surface area contributed by atoms with Gasteiger partial charge in [0, 0.05) is 30.9 Å². The highest BCUT2D eigenvalue weighted by atomic mass is 35.5. The molecule has 0 aliphatic carbocycles. The molecule has 2 unspecified atom stereocenters. The van der Waals surface area contributed by atoms with Crippen LogP contribution in [0.25, 0.3) is 0 Å². The van der Waals surface area contributed by atoms with E-state index in [9.17, 15) is 0 Å². The van der Waals surface area contributed by atoms with Gasteiger partial charge in [0.15, 0.2) is 5.84 Å². The van der Waals surface area contributed by atoms with Gasteiger partial charge in [-0.25, -0.2) is 0 Å². The van der Waals surface area contributed by atoms with Crippen molar-refractivity contribution in [3.05, 3.63) is 28.8 Å². The molecule has 3 rings (SSSR count). The maximum Gasteiger partial charge on any atom is 0.173 e. The minimum Gasteiger partial charge on any atom is -0.409 e. The average Bonchev–Trinajstić information content (AvgIpc) is 2.71. The molecule has 2 aliphatic rings. The van der Waals surface area contributed by atoms with E-state index in [0.717, 1.165) is 25.2 Å². The Morgan fingerprint density at radius 1 is 1.33 bits per heavy atom. The molecular formula is C15H21ClN4O. The van der Waals surface area contributed by atoms with Crippen LogP contribution in [0.1, 0.15) is 24.8 Å². The number of benzene rings is 1. The van der Waals surface area contributed by atoms with Gasteiger partial charge in [0.05, 0.1) is 10.6 Å². The average molecular weight is 309 g/mol. The van der Waals surface area contributed by atoms with Gasteiger partial charge < -0.3 is 15.8 Å². The third kappa shape index (κ3) is 2.56. The van der Waals surface area contributed by atoms with Gasteiger partial charge in [-0.15, -0.1) is 0 Å². The molecule has 1 aromatic carbocycles. The van der Waals surface area contributed by atoms with Gasteiger partial charge in [-0.05, 0) is 38.4 Å². The Morgan fingerprint density at radius 3 is 2.86 bits per heavy atom. The van der Waals surface area contributed by atoms with Crippen LogP contribution in [0.4, 0.5) is 5.69 Å². The lowest BCUT2D eigenvalue weighted by Gasteiger charge is -2.29. The quantitative estimate of drug-likeness (QED) is 0.380. The first kappa shape index (κ1) is 14.5. The zero-order chi connectivity index (χ0) is 15.0. The number of oxime groups is 1. The van der Waals surface area contributed by atoms with E-state index in [1.165, 1.54) is 12.8 Å². The van der Waals surface area contributed by atoms with Crippen molar-refractivity contribution in [3.8, 4) is 0 Å². The minimum absolute atomic E-state index is 0.0679. The van der Waals surface area contributed by atoms with E-state index in [1.807, 2.05) is 12.1 Å². The molecule has 21 heavy (non-hydrogen) atoms. The number of amidine groups is 1. The van der Waals surface area contributed by atoms with E-state index in [1.54, 1.807) is 6.07 Å². The van der Waals surface area contributed by atoms with E-state index in [4.69, 9.17) is 22.5 Å². The molecule has 2 fully saturated rings. The number of hydrogen-bond donors (Lipinski definition) is 2. The Hall–Kier alpha value is -1.46. The van der Waals surface area contributed by atoms with E-state index >= 15 is 0 Å². The molecule has 2 atom stereocenters. The van der Waals surface area contributed by atoms with Crippen LogP contribution >= 0.6 is 11.6 Å². The smallest absolute Gasteiger partial charge is 0.173 e. The summed E-state index contributed by atoms with van der Waals surface area (Å²) in [5, 5.41) is 12.7.